The monoisotopic (exact) mass is 378 g/mol. The average Bonchev–Trinajstić information content (AvgIpc) is 2.54. The van der Waals surface area contributed by atoms with E-state index in [1.165, 1.54) is 0 Å². The van der Waals surface area contributed by atoms with E-state index in [2.05, 4.69) is 15.9 Å². The minimum absolute atomic E-state index is 0.337. The third-order valence-electron chi connectivity index (χ3n) is 3.04. The van der Waals surface area contributed by atoms with Gasteiger partial charge in [-0.2, -0.15) is 0 Å². The van der Waals surface area contributed by atoms with Crippen LogP contribution in [0.1, 0.15) is 29.8 Å². The number of hydrogen-bond acceptors (Lipinski definition) is 4. The lowest BCUT2D eigenvalue weighted by Crippen LogP contribution is -2.06. The zero-order valence-corrected chi connectivity index (χ0v) is 14.8. The second-order valence-electron chi connectivity index (χ2n) is 4.73. The van der Waals surface area contributed by atoms with Gasteiger partial charge in [-0.3, -0.25) is 0 Å². The predicted octanol–water partition coefficient (Wildman–Crippen LogP) is 4.60. The average molecular weight is 379 g/mol. The Hall–Kier alpha value is -2.01. The summed E-state index contributed by atoms with van der Waals surface area (Å²) in [7, 11) is 0. The molecule has 0 aromatic heterocycles. The van der Waals surface area contributed by atoms with Crippen molar-refractivity contribution in [3.05, 3.63) is 58.1 Å². The number of halogens is 1. The zero-order chi connectivity index (χ0) is 16.7. The van der Waals surface area contributed by atoms with E-state index in [-0.39, 0.29) is 5.97 Å². The molecule has 0 atom stereocenters. The van der Waals surface area contributed by atoms with Crippen molar-refractivity contribution in [2.24, 2.45) is 0 Å². The number of esters is 1. The normalized spacial score (nSPS) is 10.2. The molecule has 0 saturated heterocycles. The molecule has 0 radical (unpaired) electrons. The van der Waals surface area contributed by atoms with E-state index in [1.807, 2.05) is 31.2 Å². The fourth-order valence-corrected chi connectivity index (χ4v) is 2.47. The Kier molecular flexibility index (Phi) is 6.47. The van der Waals surface area contributed by atoms with Gasteiger partial charge in [-0.25, -0.2) is 4.79 Å². The Morgan fingerprint density at radius 1 is 1.00 bits per heavy atom. The highest BCUT2D eigenvalue weighted by Crippen LogP contribution is 2.29. The van der Waals surface area contributed by atoms with Gasteiger partial charge in [0.1, 0.15) is 6.61 Å². The molecule has 0 saturated carbocycles. The predicted molar refractivity (Wildman–Crippen MR) is 92.0 cm³/mol. The summed E-state index contributed by atoms with van der Waals surface area (Å²) in [6.07, 6.45) is 0. The van der Waals surface area contributed by atoms with E-state index in [0.29, 0.717) is 36.9 Å². The van der Waals surface area contributed by atoms with E-state index in [0.717, 1.165) is 10.0 Å². The van der Waals surface area contributed by atoms with Gasteiger partial charge in [0.25, 0.3) is 0 Å². The minimum atomic E-state index is -0.369. The van der Waals surface area contributed by atoms with Crippen LogP contribution in [-0.4, -0.2) is 19.2 Å². The van der Waals surface area contributed by atoms with Crippen LogP contribution in [0.4, 0.5) is 0 Å². The molecule has 122 valence electrons. The van der Waals surface area contributed by atoms with Crippen molar-refractivity contribution >= 4 is 21.9 Å². The lowest BCUT2D eigenvalue weighted by atomic mass is 10.2. The van der Waals surface area contributed by atoms with Crippen LogP contribution in [0.5, 0.6) is 11.5 Å². The van der Waals surface area contributed by atoms with E-state index < -0.39 is 0 Å². The molecule has 0 aliphatic heterocycles. The molecule has 4 nitrogen and oxygen atoms in total. The summed E-state index contributed by atoms with van der Waals surface area (Å²) >= 11 is 3.44. The number of benzene rings is 2. The molecule has 0 spiro atoms. The lowest BCUT2D eigenvalue weighted by Gasteiger charge is -2.13. The smallest absolute Gasteiger partial charge is 0.338 e. The second-order valence-corrected chi connectivity index (χ2v) is 5.65. The second kappa shape index (κ2) is 8.58. The van der Waals surface area contributed by atoms with Gasteiger partial charge < -0.3 is 14.2 Å². The molecule has 0 aliphatic rings. The van der Waals surface area contributed by atoms with Crippen molar-refractivity contribution in [1.82, 2.24) is 0 Å². The van der Waals surface area contributed by atoms with Gasteiger partial charge in [0.15, 0.2) is 11.5 Å². The first kappa shape index (κ1) is 17.3. The van der Waals surface area contributed by atoms with Gasteiger partial charge in [-0.05, 0) is 49.7 Å². The highest BCUT2D eigenvalue weighted by atomic mass is 79.9. The van der Waals surface area contributed by atoms with Crippen LogP contribution in [0, 0.1) is 0 Å². The molecule has 0 heterocycles. The number of rotatable bonds is 7. The van der Waals surface area contributed by atoms with E-state index >= 15 is 0 Å². The molecule has 2 aromatic carbocycles. The number of hydrogen-bond donors (Lipinski definition) is 0. The van der Waals surface area contributed by atoms with Crippen LogP contribution in [0.15, 0.2) is 46.9 Å². The van der Waals surface area contributed by atoms with Crippen molar-refractivity contribution in [3.63, 3.8) is 0 Å². The third-order valence-corrected chi connectivity index (χ3v) is 3.53. The van der Waals surface area contributed by atoms with Crippen LogP contribution in [-0.2, 0) is 11.3 Å². The van der Waals surface area contributed by atoms with Crippen molar-refractivity contribution < 1.29 is 19.0 Å². The summed E-state index contributed by atoms with van der Waals surface area (Å²) in [6, 6.07) is 13.0. The Labute approximate surface area is 144 Å². The van der Waals surface area contributed by atoms with Crippen LogP contribution in [0.2, 0.25) is 0 Å². The highest BCUT2D eigenvalue weighted by molar-refractivity contribution is 9.10. The summed E-state index contributed by atoms with van der Waals surface area (Å²) < 4.78 is 17.4. The maximum Gasteiger partial charge on any atom is 0.338 e. The quantitative estimate of drug-likeness (QED) is 0.660. The van der Waals surface area contributed by atoms with Gasteiger partial charge in [0.2, 0.25) is 0 Å². The van der Waals surface area contributed by atoms with Gasteiger partial charge >= 0.3 is 5.97 Å². The molecule has 0 aliphatic carbocycles. The van der Waals surface area contributed by atoms with E-state index in [4.69, 9.17) is 14.2 Å². The van der Waals surface area contributed by atoms with Crippen molar-refractivity contribution in [2.75, 3.05) is 13.2 Å². The third kappa shape index (κ3) is 4.99. The van der Waals surface area contributed by atoms with E-state index in [1.54, 1.807) is 25.1 Å². The molecule has 0 N–H and O–H groups in total. The SMILES string of the molecule is CCOC(=O)c1ccc(OCc2cccc(Br)c2)c(OCC)c1. The Bertz CT molecular complexity index is 670. The molecule has 0 fully saturated rings. The maximum atomic E-state index is 11.8. The van der Waals surface area contributed by atoms with Gasteiger partial charge in [0, 0.05) is 4.47 Å². The first-order valence-electron chi connectivity index (χ1n) is 7.45. The van der Waals surface area contributed by atoms with Crippen LogP contribution >= 0.6 is 15.9 Å². The van der Waals surface area contributed by atoms with Crippen molar-refractivity contribution in [3.8, 4) is 11.5 Å². The van der Waals surface area contributed by atoms with Crippen LogP contribution in [0.3, 0.4) is 0 Å². The number of carbonyl (C=O) groups excluding carboxylic acids is 1. The topological polar surface area (TPSA) is 44.8 Å². The highest BCUT2D eigenvalue weighted by Gasteiger charge is 2.12. The first-order valence-corrected chi connectivity index (χ1v) is 8.24. The summed E-state index contributed by atoms with van der Waals surface area (Å²) in [5.41, 5.74) is 1.49. The number of ether oxygens (including phenoxy) is 3. The maximum absolute atomic E-state index is 11.8. The summed E-state index contributed by atoms with van der Waals surface area (Å²) in [4.78, 5) is 11.8. The Morgan fingerprint density at radius 2 is 1.83 bits per heavy atom. The standard InChI is InChI=1S/C18H19BrO4/c1-3-21-17-11-14(18(20)22-4-2)8-9-16(17)23-12-13-6-5-7-15(19)10-13/h5-11H,3-4,12H2,1-2H3. The molecule has 2 rings (SSSR count). The summed E-state index contributed by atoms with van der Waals surface area (Å²) in [5.74, 6) is 0.764. The van der Waals surface area contributed by atoms with E-state index in [9.17, 15) is 4.79 Å². The van der Waals surface area contributed by atoms with Gasteiger partial charge in [-0.15, -0.1) is 0 Å². The molecule has 5 heteroatoms. The molecule has 0 unspecified atom stereocenters. The molecule has 0 amide bonds. The largest absolute Gasteiger partial charge is 0.490 e. The van der Waals surface area contributed by atoms with Crippen LogP contribution in [0.25, 0.3) is 0 Å². The van der Waals surface area contributed by atoms with Crippen molar-refractivity contribution in [1.29, 1.82) is 0 Å². The fraction of sp³-hybridized carbons (Fsp3) is 0.278. The first-order chi connectivity index (χ1) is 11.1. The van der Waals surface area contributed by atoms with Gasteiger partial charge in [0.05, 0.1) is 18.8 Å². The van der Waals surface area contributed by atoms with Crippen LogP contribution < -0.4 is 9.47 Å². The fourth-order valence-electron chi connectivity index (χ4n) is 2.02. The Balaban J connectivity index is 2.15. The molecule has 23 heavy (non-hydrogen) atoms. The Morgan fingerprint density at radius 3 is 2.52 bits per heavy atom. The summed E-state index contributed by atoms with van der Waals surface area (Å²) in [5, 5.41) is 0. The molecular formula is C18H19BrO4. The van der Waals surface area contributed by atoms with Crippen molar-refractivity contribution in [2.45, 2.75) is 20.5 Å². The lowest BCUT2D eigenvalue weighted by molar-refractivity contribution is 0.0525. The molecule has 0 bridgehead atoms. The summed E-state index contributed by atoms with van der Waals surface area (Å²) in [6.45, 7) is 4.90. The number of carbonyl (C=O) groups is 1. The molecular weight excluding hydrogens is 360 g/mol. The zero-order valence-electron chi connectivity index (χ0n) is 13.2. The molecule has 2 aromatic rings. The minimum Gasteiger partial charge on any atom is -0.490 e. The van der Waals surface area contributed by atoms with Gasteiger partial charge in [-0.1, -0.05) is 28.1 Å².